The van der Waals surface area contributed by atoms with E-state index in [1.54, 1.807) is 20.8 Å². The average molecular weight is 170 g/mol. The second-order valence-corrected chi connectivity index (χ2v) is 3.61. The number of carbonyl (C=O) groups excluding carboxylic acids is 1. The molecular weight excluding hydrogens is 157 g/mol. The highest BCUT2D eigenvalue weighted by Gasteiger charge is 2.30. The van der Waals surface area contributed by atoms with Crippen LogP contribution in [0.15, 0.2) is 0 Å². The molecular formula is C7H13BNO3. The molecule has 0 bridgehead atoms. The SMILES string of the molecule is CC(C)(C)[C@H](N[B]C=O)C(=O)O. The molecule has 67 valence electrons. The zero-order chi connectivity index (χ0) is 9.78. The monoisotopic (exact) mass is 170 g/mol. The van der Waals surface area contributed by atoms with Crippen molar-refractivity contribution in [3.8, 4) is 0 Å². The molecule has 2 N–H and O–H groups in total. The fourth-order valence-corrected chi connectivity index (χ4v) is 0.827. The third-order valence-electron chi connectivity index (χ3n) is 1.44. The van der Waals surface area contributed by atoms with Gasteiger partial charge in [0.05, 0.1) is 6.19 Å². The smallest absolute Gasteiger partial charge is 0.320 e. The van der Waals surface area contributed by atoms with E-state index in [1.165, 1.54) is 0 Å². The van der Waals surface area contributed by atoms with Gasteiger partial charge in [-0.15, -0.1) is 0 Å². The summed E-state index contributed by atoms with van der Waals surface area (Å²) in [5.74, 6) is -0.958. The Labute approximate surface area is 72.6 Å². The van der Waals surface area contributed by atoms with Crippen molar-refractivity contribution in [1.29, 1.82) is 0 Å². The molecule has 0 spiro atoms. The number of aliphatic carboxylic acids is 1. The molecule has 0 aromatic rings. The minimum Gasteiger partial charge on any atom is -0.480 e. The van der Waals surface area contributed by atoms with Crippen molar-refractivity contribution >= 4 is 19.6 Å². The lowest BCUT2D eigenvalue weighted by atomic mass is 9.83. The van der Waals surface area contributed by atoms with Crippen molar-refractivity contribution in [2.24, 2.45) is 5.41 Å². The van der Waals surface area contributed by atoms with Crippen LogP contribution in [0.25, 0.3) is 0 Å². The van der Waals surface area contributed by atoms with Crippen LogP contribution in [0.4, 0.5) is 0 Å². The third kappa shape index (κ3) is 3.53. The summed E-state index contributed by atoms with van der Waals surface area (Å²) < 4.78 is 0. The van der Waals surface area contributed by atoms with E-state index in [1.807, 2.05) is 0 Å². The lowest BCUT2D eigenvalue weighted by Gasteiger charge is -2.27. The second-order valence-electron chi connectivity index (χ2n) is 3.61. The summed E-state index contributed by atoms with van der Waals surface area (Å²) in [5, 5.41) is 11.3. The molecule has 0 aliphatic rings. The first-order chi connectivity index (χ1) is 5.39. The fraction of sp³-hybridized carbons (Fsp3) is 0.714. The molecule has 5 heteroatoms. The number of hydrogen-bond donors (Lipinski definition) is 2. The van der Waals surface area contributed by atoms with E-state index in [2.05, 4.69) is 5.23 Å². The second kappa shape index (κ2) is 4.26. The van der Waals surface area contributed by atoms with Gasteiger partial charge < -0.3 is 15.1 Å². The van der Waals surface area contributed by atoms with Gasteiger partial charge in [0.1, 0.15) is 6.04 Å². The van der Waals surface area contributed by atoms with Crippen LogP contribution in [-0.2, 0) is 9.59 Å². The van der Waals surface area contributed by atoms with E-state index in [4.69, 9.17) is 5.11 Å². The first-order valence-electron chi connectivity index (χ1n) is 3.65. The fourth-order valence-electron chi connectivity index (χ4n) is 0.827. The van der Waals surface area contributed by atoms with Gasteiger partial charge in [0.25, 0.3) is 7.41 Å². The molecule has 1 radical (unpaired) electrons. The van der Waals surface area contributed by atoms with Gasteiger partial charge in [-0.2, -0.15) is 0 Å². The summed E-state index contributed by atoms with van der Waals surface area (Å²) in [6.07, 6.45) is 0.529. The van der Waals surface area contributed by atoms with Crippen LogP contribution in [0.3, 0.4) is 0 Å². The number of hydrogen-bond acceptors (Lipinski definition) is 3. The Kier molecular flexibility index (Phi) is 3.96. The maximum Gasteiger partial charge on any atom is 0.320 e. The molecule has 1 atom stereocenters. The maximum atomic E-state index is 10.7. The molecule has 0 amide bonds. The quantitative estimate of drug-likeness (QED) is 0.456. The van der Waals surface area contributed by atoms with Gasteiger partial charge in [0, 0.05) is 0 Å². The summed E-state index contributed by atoms with van der Waals surface area (Å²) in [6.45, 7) is 5.37. The van der Waals surface area contributed by atoms with Gasteiger partial charge in [0.2, 0.25) is 0 Å². The number of carboxylic acid groups (broad SMARTS) is 1. The molecule has 0 aromatic carbocycles. The van der Waals surface area contributed by atoms with Gasteiger partial charge in [-0.1, -0.05) is 20.8 Å². The highest BCUT2D eigenvalue weighted by molar-refractivity contribution is 6.64. The molecule has 0 aliphatic carbocycles. The van der Waals surface area contributed by atoms with Gasteiger partial charge in [-0.25, -0.2) is 0 Å². The predicted octanol–water partition coefficient (Wildman–Crippen LogP) is -0.115. The number of carboxylic acids is 1. The van der Waals surface area contributed by atoms with E-state index >= 15 is 0 Å². The van der Waals surface area contributed by atoms with Crippen LogP contribution in [0, 0.1) is 5.41 Å². The Morgan fingerprint density at radius 3 is 2.33 bits per heavy atom. The summed E-state index contributed by atoms with van der Waals surface area (Å²) in [7, 11) is 1.10. The largest absolute Gasteiger partial charge is 0.480 e. The zero-order valence-electron chi connectivity index (χ0n) is 7.50. The molecule has 4 nitrogen and oxygen atoms in total. The van der Waals surface area contributed by atoms with E-state index in [0.717, 1.165) is 7.41 Å². The first kappa shape index (κ1) is 11.2. The number of carbonyl (C=O) groups is 2. The minimum atomic E-state index is -0.958. The normalized spacial score (nSPS) is 13.6. The number of nitrogens with one attached hydrogen (secondary N) is 1. The van der Waals surface area contributed by atoms with Crippen LogP contribution in [0.1, 0.15) is 20.8 Å². The Morgan fingerprint density at radius 2 is 2.08 bits per heavy atom. The van der Waals surface area contributed by atoms with E-state index in [-0.39, 0.29) is 0 Å². The van der Waals surface area contributed by atoms with E-state index in [9.17, 15) is 9.59 Å². The molecule has 0 saturated heterocycles. The van der Waals surface area contributed by atoms with Crippen molar-refractivity contribution in [3.63, 3.8) is 0 Å². The standard InChI is InChI=1S/C7H13BNO3/c1-7(2,3)5(6(11)12)9-8-4-10/h4-5,9H,1-3H3,(H,11,12)/t5-/m1/s1. The summed E-state index contributed by atoms with van der Waals surface area (Å²) in [5.41, 5.74) is -0.411. The van der Waals surface area contributed by atoms with Crippen LogP contribution >= 0.6 is 0 Å². The van der Waals surface area contributed by atoms with Crippen molar-refractivity contribution in [2.45, 2.75) is 26.8 Å². The van der Waals surface area contributed by atoms with E-state index in [0.29, 0.717) is 6.19 Å². The van der Waals surface area contributed by atoms with Crippen LogP contribution in [0.2, 0.25) is 0 Å². The van der Waals surface area contributed by atoms with Crippen LogP contribution < -0.4 is 5.23 Å². The summed E-state index contributed by atoms with van der Waals surface area (Å²) in [6, 6.07) is -0.734. The Bertz CT molecular complexity index is 176. The predicted molar refractivity (Wildman–Crippen MR) is 46.5 cm³/mol. The molecule has 0 heterocycles. The highest BCUT2D eigenvalue weighted by atomic mass is 16.4. The van der Waals surface area contributed by atoms with Crippen LogP contribution in [-0.4, -0.2) is 30.7 Å². The molecule has 0 aliphatic heterocycles. The van der Waals surface area contributed by atoms with Gasteiger partial charge in [-0.3, -0.25) is 4.79 Å². The lowest BCUT2D eigenvalue weighted by molar-refractivity contribution is -0.141. The van der Waals surface area contributed by atoms with Crippen molar-refractivity contribution in [3.05, 3.63) is 0 Å². The Hall–Kier alpha value is -0.835. The van der Waals surface area contributed by atoms with Crippen molar-refractivity contribution < 1.29 is 14.7 Å². The summed E-state index contributed by atoms with van der Waals surface area (Å²) >= 11 is 0. The molecule has 0 saturated carbocycles. The zero-order valence-corrected chi connectivity index (χ0v) is 7.50. The highest BCUT2D eigenvalue weighted by Crippen LogP contribution is 2.18. The topological polar surface area (TPSA) is 66.4 Å². The molecule has 0 aromatic heterocycles. The molecule has 0 fully saturated rings. The molecule has 0 rings (SSSR count). The van der Waals surface area contributed by atoms with Crippen molar-refractivity contribution in [2.75, 3.05) is 0 Å². The number of rotatable bonds is 4. The minimum absolute atomic E-state index is 0.411. The molecule has 12 heavy (non-hydrogen) atoms. The van der Waals surface area contributed by atoms with Gasteiger partial charge >= 0.3 is 5.97 Å². The maximum absolute atomic E-state index is 10.7. The van der Waals surface area contributed by atoms with Crippen molar-refractivity contribution in [1.82, 2.24) is 5.23 Å². The van der Waals surface area contributed by atoms with Gasteiger partial charge in [0.15, 0.2) is 0 Å². The van der Waals surface area contributed by atoms with Gasteiger partial charge in [-0.05, 0) is 5.41 Å². The summed E-state index contributed by atoms with van der Waals surface area (Å²) in [4.78, 5) is 20.6. The van der Waals surface area contributed by atoms with Crippen LogP contribution in [0.5, 0.6) is 0 Å². The Morgan fingerprint density at radius 1 is 1.58 bits per heavy atom. The Balaban J connectivity index is 4.24. The first-order valence-corrected chi connectivity index (χ1v) is 3.65. The van der Waals surface area contributed by atoms with E-state index < -0.39 is 17.4 Å². The average Bonchev–Trinajstić information content (AvgIpc) is 1.84. The lowest BCUT2D eigenvalue weighted by Crippen LogP contribution is -2.48. The molecule has 0 unspecified atom stereocenters. The third-order valence-corrected chi connectivity index (χ3v) is 1.44.